The molecule has 6 heteroatoms. The summed E-state index contributed by atoms with van der Waals surface area (Å²) in [4.78, 5) is 12.7. The molecule has 0 spiro atoms. The van der Waals surface area contributed by atoms with Crippen LogP contribution in [0, 0.1) is 0 Å². The molecule has 3 aromatic rings. The van der Waals surface area contributed by atoms with Crippen LogP contribution < -0.4 is 20.1 Å². The summed E-state index contributed by atoms with van der Waals surface area (Å²) in [6.45, 7) is 4.42. The Morgan fingerprint density at radius 3 is 2.32 bits per heavy atom. The molecule has 3 aromatic carbocycles. The maximum absolute atomic E-state index is 12.7. The summed E-state index contributed by atoms with van der Waals surface area (Å²) in [5, 5.41) is 5.93. The molecule has 5 nitrogen and oxygen atoms in total. The molecule has 0 aliphatic rings. The Bertz CT molecular complexity index is 1000. The van der Waals surface area contributed by atoms with E-state index in [4.69, 9.17) is 21.7 Å². The topological polar surface area (TPSA) is 59.6 Å². The van der Waals surface area contributed by atoms with E-state index in [9.17, 15) is 4.79 Å². The van der Waals surface area contributed by atoms with Crippen molar-refractivity contribution in [2.45, 2.75) is 26.4 Å². The summed E-state index contributed by atoms with van der Waals surface area (Å²) in [6.07, 6.45) is 0.863. The zero-order valence-corrected chi connectivity index (χ0v) is 18.4. The van der Waals surface area contributed by atoms with Crippen molar-refractivity contribution in [2.24, 2.45) is 0 Å². The molecule has 0 heterocycles. The predicted octanol–water partition coefficient (Wildman–Crippen LogP) is 5.22. The second-order valence-electron chi connectivity index (χ2n) is 7.18. The highest BCUT2D eigenvalue weighted by Crippen LogP contribution is 2.19. The summed E-state index contributed by atoms with van der Waals surface area (Å²) >= 11 is 5.29. The summed E-state index contributed by atoms with van der Waals surface area (Å²) in [6, 6.07) is 24.6. The third-order valence-corrected chi connectivity index (χ3v) is 4.54. The molecule has 0 unspecified atom stereocenters. The van der Waals surface area contributed by atoms with Crippen LogP contribution in [-0.2, 0) is 6.42 Å². The minimum Gasteiger partial charge on any atom is -0.492 e. The lowest BCUT2D eigenvalue weighted by atomic mass is 10.1. The van der Waals surface area contributed by atoms with Crippen molar-refractivity contribution in [3.63, 3.8) is 0 Å². The third kappa shape index (κ3) is 7.12. The average molecular weight is 435 g/mol. The number of hydrogen-bond acceptors (Lipinski definition) is 4. The van der Waals surface area contributed by atoms with Gasteiger partial charge < -0.3 is 14.8 Å². The lowest BCUT2D eigenvalue weighted by Crippen LogP contribution is -2.34. The van der Waals surface area contributed by atoms with Gasteiger partial charge in [0.15, 0.2) is 5.11 Å². The van der Waals surface area contributed by atoms with E-state index in [0.717, 1.165) is 17.9 Å². The van der Waals surface area contributed by atoms with Gasteiger partial charge in [-0.3, -0.25) is 10.1 Å². The summed E-state index contributed by atoms with van der Waals surface area (Å²) in [5.41, 5.74) is 2.37. The van der Waals surface area contributed by atoms with Crippen molar-refractivity contribution < 1.29 is 14.3 Å². The molecule has 0 bridgehead atoms. The van der Waals surface area contributed by atoms with Crippen LogP contribution in [0.15, 0.2) is 78.9 Å². The normalized spacial score (nSPS) is 10.4. The van der Waals surface area contributed by atoms with Gasteiger partial charge in [-0.05, 0) is 68.0 Å². The highest BCUT2D eigenvalue weighted by Gasteiger charge is 2.14. The number of ether oxygens (including phenoxy) is 2. The van der Waals surface area contributed by atoms with E-state index in [1.165, 1.54) is 5.56 Å². The van der Waals surface area contributed by atoms with E-state index in [1.807, 2.05) is 74.5 Å². The molecule has 0 aromatic heterocycles. The van der Waals surface area contributed by atoms with Crippen molar-refractivity contribution in [3.8, 4) is 11.5 Å². The van der Waals surface area contributed by atoms with Gasteiger partial charge in [-0.25, -0.2) is 0 Å². The minimum absolute atomic E-state index is 0.106. The zero-order valence-electron chi connectivity index (χ0n) is 17.6. The van der Waals surface area contributed by atoms with Gasteiger partial charge in [-0.1, -0.05) is 42.5 Å². The number of thiocarbonyl (C=S) groups is 1. The Morgan fingerprint density at radius 1 is 0.935 bits per heavy atom. The molecule has 1 amide bonds. The zero-order chi connectivity index (χ0) is 22.1. The number of rotatable bonds is 8. The third-order valence-electron chi connectivity index (χ3n) is 4.33. The van der Waals surface area contributed by atoms with E-state index in [0.29, 0.717) is 17.9 Å². The van der Waals surface area contributed by atoms with Crippen LogP contribution in [0.1, 0.15) is 29.8 Å². The first-order chi connectivity index (χ1) is 15.0. The molecular formula is C25H26N2O3S. The number of benzene rings is 3. The largest absolute Gasteiger partial charge is 0.492 e. The lowest BCUT2D eigenvalue weighted by Gasteiger charge is -2.14. The Labute approximate surface area is 188 Å². The van der Waals surface area contributed by atoms with Crippen LogP contribution in [0.5, 0.6) is 11.5 Å². The first-order valence-corrected chi connectivity index (χ1v) is 10.6. The average Bonchev–Trinajstić information content (AvgIpc) is 2.76. The Kier molecular flexibility index (Phi) is 8.01. The molecule has 0 fully saturated rings. The molecule has 0 saturated carbocycles. The lowest BCUT2D eigenvalue weighted by molar-refractivity contribution is 0.0974. The fourth-order valence-electron chi connectivity index (χ4n) is 2.93. The molecule has 2 N–H and O–H groups in total. The van der Waals surface area contributed by atoms with Crippen LogP contribution in [0.4, 0.5) is 5.69 Å². The van der Waals surface area contributed by atoms with Gasteiger partial charge in [-0.2, -0.15) is 0 Å². The summed E-state index contributed by atoms with van der Waals surface area (Å²) in [7, 11) is 0. The molecule has 0 aliphatic heterocycles. The van der Waals surface area contributed by atoms with E-state index in [1.54, 1.807) is 18.2 Å². The SMILES string of the molecule is CC(C)Oc1ccc(NC(=S)NC(=O)c2ccccc2OCCc2ccccc2)cc1. The smallest absolute Gasteiger partial charge is 0.261 e. The van der Waals surface area contributed by atoms with Gasteiger partial charge in [0.1, 0.15) is 11.5 Å². The van der Waals surface area contributed by atoms with Crippen molar-refractivity contribution in [2.75, 3.05) is 11.9 Å². The Morgan fingerprint density at radius 2 is 1.61 bits per heavy atom. The molecule has 31 heavy (non-hydrogen) atoms. The number of nitrogens with one attached hydrogen (secondary N) is 2. The van der Waals surface area contributed by atoms with E-state index in [2.05, 4.69) is 10.6 Å². The van der Waals surface area contributed by atoms with Crippen LogP contribution in [0.3, 0.4) is 0 Å². The standard InChI is InChI=1S/C25H26N2O3S/c1-18(2)30-21-14-12-20(13-15-21)26-25(31)27-24(28)22-10-6-7-11-23(22)29-17-16-19-8-4-3-5-9-19/h3-15,18H,16-17H2,1-2H3,(H2,26,27,28,31). The van der Waals surface area contributed by atoms with E-state index < -0.39 is 0 Å². The monoisotopic (exact) mass is 434 g/mol. The number of amides is 1. The second-order valence-corrected chi connectivity index (χ2v) is 7.59. The number of carbonyl (C=O) groups excluding carboxylic acids is 1. The fourth-order valence-corrected chi connectivity index (χ4v) is 3.14. The van der Waals surface area contributed by atoms with Gasteiger partial charge in [0.2, 0.25) is 0 Å². The Balaban J connectivity index is 1.55. The minimum atomic E-state index is -0.326. The fraction of sp³-hybridized carbons (Fsp3) is 0.200. The molecule has 0 saturated heterocycles. The van der Waals surface area contributed by atoms with Gasteiger partial charge in [-0.15, -0.1) is 0 Å². The van der Waals surface area contributed by atoms with E-state index >= 15 is 0 Å². The van der Waals surface area contributed by atoms with E-state index in [-0.39, 0.29) is 17.1 Å². The van der Waals surface area contributed by atoms with Gasteiger partial charge in [0, 0.05) is 12.1 Å². The van der Waals surface area contributed by atoms with Crippen LogP contribution in [0.25, 0.3) is 0 Å². The highest BCUT2D eigenvalue weighted by atomic mass is 32.1. The van der Waals surface area contributed by atoms with Crippen LogP contribution in [-0.4, -0.2) is 23.7 Å². The summed E-state index contributed by atoms with van der Waals surface area (Å²) < 4.78 is 11.5. The first kappa shape index (κ1) is 22.3. The number of hydrogen-bond donors (Lipinski definition) is 2. The predicted molar refractivity (Wildman–Crippen MR) is 128 cm³/mol. The Hall–Kier alpha value is -3.38. The number of para-hydroxylation sites is 1. The van der Waals surface area contributed by atoms with Crippen molar-refractivity contribution in [3.05, 3.63) is 90.0 Å². The van der Waals surface area contributed by atoms with Crippen molar-refractivity contribution in [1.82, 2.24) is 5.32 Å². The summed E-state index contributed by atoms with van der Waals surface area (Å²) in [5.74, 6) is 0.971. The van der Waals surface area contributed by atoms with Crippen molar-refractivity contribution in [1.29, 1.82) is 0 Å². The highest BCUT2D eigenvalue weighted by molar-refractivity contribution is 7.80. The van der Waals surface area contributed by atoms with Crippen molar-refractivity contribution >= 4 is 28.9 Å². The van der Waals surface area contributed by atoms with Gasteiger partial charge in [0.05, 0.1) is 18.3 Å². The maximum atomic E-state index is 12.7. The molecule has 3 rings (SSSR count). The van der Waals surface area contributed by atoms with Crippen LogP contribution >= 0.6 is 12.2 Å². The number of anilines is 1. The molecule has 0 radical (unpaired) electrons. The molecule has 0 atom stereocenters. The molecule has 160 valence electrons. The van der Waals surface area contributed by atoms with Gasteiger partial charge >= 0.3 is 0 Å². The second kappa shape index (κ2) is 11.1. The van der Waals surface area contributed by atoms with Gasteiger partial charge in [0.25, 0.3) is 5.91 Å². The molecule has 0 aliphatic carbocycles. The number of carbonyl (C=O) groups is 1. The maximum Gasteiger partial charge on any atom is 0.261 e. The quantitative estimate of drug-likeness (QED) is 0.476. The first-order valence-electron chi connectivity index (χ1n) is 10.2. The molecular weight excluding hydrogens is 408 g/mol. The van der Waals surface area contributed by atoms with Crippen LogP contribution in [0.2, 0.25) is 0 Å².